The van der Waals surface area contributed by atoms with E-state index < -0.39 is 0 Å². The van der Waals surface area contributed by atoms with Crippen molar-refractivity contribution in [2.75, 3.05) is 6.61 Å². The average molecular weight is 211 g/mol. The number of hydrogen-bond acceptors (Lipinski definition) is 3. The number of hydroxylamine groups is 2. The molecule has 1 aliphatic heterocycles. The van der Waals surface area contributed by atoms with Crippen molar-refractivity contribution in [1.29, 1.82) is 0 Å². The van der Waals surface area contributed by atoms with Gasteiger partial charge in [0.15, 0.2) is 0 Å². The second kappa shape index (κ2) is 4.13. The van der Waals surface area contributed by atoms with Crippen molar-refractivity contribution in [2.45, 2.75) is 57.7 Å². The molecule has 3 heteroatoms. The summed E-state index contributed by atoms with van der Waals surface area (Å²) in [4.78, 5) is 0. The van der Waals surface area contributed by atoms with Gasteiger partial charge in [0.1, 0.15) is 6.61 Å². The smallest absolute Gasteiger partial charge is 0.107 e. The van der Waals surface area contributed by atoms with Crippen LogP contribution >= 0.6 is 0 Å². The van der Waals surface area contributed by atoms with Crippen LogP contribution in [0.3, 0.4) is 0 Å². The van der Waals surface area contributed by atoms with E-state index in [1.165, 1.54) is 5.06 Å². The van der Waals surface area contributed by atoms with Gasteiger partial charge in [-0.2, -0.15) is 5.06 Å². The Balaban J connectivity index is 2.71. The van der Waals surface area contributed by atoms with Gasteiger partial charge in [-0.1, -0.05) is 5.92 Å². The van der Waals surface area contributed by atoms with Crippen molar-refractivity contribution >= 4 is 0 Å². The molecule has 1 rings (SSSR count). The number of terminal acetylenes is 1. The molecule has 1 fully saturated rings. The van der Waals surface area contributed by atoms with Gasteiger partial charge in [0.05, 0.1) is 6.10 Å². The summed E-state index contributed by atoms with van der Waals surface area (Å²) in [5, 5.41) is 11.5. The molecule has 0 aliphatic carbocycles. The molecule has 0 unspecified atom stereocenters. The van der Waals surface area contributed by atoms with Crippen LogP contribution < -0.4 is 0 Å². The van der Waals surface area contributed by atoms with Crippen LogP contribution in [0.2, 0.25) is 0 Å². The Bertz CT molecular complexity index is 247. The van der Waals surface area contributed by atoms with Gasteiger partial charge in [-0.15, -0.1) is 6.42 Å². The zero-order chi connectivity index (χ0) is 11.7. The maximum Gasteiger partial charge on any atom is 0.107 e. The molecule has 1 saturated heterocycles. The zero-order valence-corrected chi connectivity index (χ0v) is 10.1. The van der Waals surface area contributed by atoms with E-state index in [1.807, 2.05) is 27.7 Å². The van der Waals surface area contributed by atoms with Gasteiger partial charge in [-0.05, 0) is 40.5 Å². The number of nitrogens with zero attached hydrogens (tertiary/aromatic N) is 1. The second-order valence-corrected chi connectivity index (χ2v) is 5.48. The largest absolute Gasteiger partial charge is 0.365 e. The lowest BCUT2D eigenvalue weighted by Crippen LogP contribution is -2.60. The highest BCUT2D eigenvalue weighted by Gasteiger charge is 2.45. The summed E-state index contributed by atoms with van der Waals surface area (Å²) >= 11 is 0. The number of piperidine rings is 1. The summed E-state index contributed by atoms with van der Waals surface area (Å²) in [7, 11) is 0. The Morgan fingerprint density at radius 2 is 1.80 bits per heavy atom. The molecule has 86 valence electrons. The number of ether oxygens (including phenoxy) is 1. The van der Waals surface area contributed by atoms with E-state index in [4.69, 9.17) is 11.2 Å². The van der Waals surface area contributed by atoms with E-state index in [0.717, 1.165) is 12.8 Å². The number of hydrogen-bond donors (Lipinski definition) is 1. The van der Waals surface area contributed by atoms with Crippen LogP contribution in [0, 0.1) is 12.3 Å². The first-order valence-electron chi connectivity index (χ1n) is 5.34. The van der Waals surface area contributed by atoms with Crippen LogP contribution in [0.1, 0.15) is 40.5 Å². The van der Waals surface area contributed by atoms with Gasteiger partial charge in [0, 0.05) is 11.1 Å². The lowest BCUT2D eigenvalue weighted by atomic mass is 9.80. The third kappa shape index (κ3) is 2.72. The second-order valence-electron chi connectivity index (χ2n) is 5.48. The highest BCUT2D eigenvalue weighted by atomic mass is 16.5. The van der Waals surface area contributed by atoms with Crippen molar-refractivity contribution in [1.82, 2.24) is 5.06 Å². The molecule has 0 aromatic heterocycles. The van der Waals surface area contributed by atoms with Gasteiger partial charge in [-0.25, -0.2) is 0 Å². The van der Waals surface area contributed by atoms with Crippen LogP contribution in [0.5, 0.6) is 0 Å². The molecular formula is C12H21NO2. The van der Waals surface area contributed by atoms with E-state index in [-0.39, 0.29) is 17.2 Å². The molecule has 0 radical (unpaired) electrons. The monoisotopic (exact) mass is 211 g/mol. The molecule has 0 atom stereocenters. The van der Waals surface area contributed by atoms with Crippen molar-refractivity contribution in [2.24, 2.45) is 0 Å². The first kappa shape index (κ1) is 12.5. The van der Waals surface area contributed by atoms with Gasteiger partial charge in [0.25, 0.3) is 0 Å². The highest BCUT2D eigenvalue weighted by molar-refractivity contribution is 4.97. The highest BCUT2D eigenvalue weighted by Crippen LogP contribution is 2.37. The molecule has 0 saturated carbocycles. The summed E-state index contributed by atoms with van der Waals surface area (Å²) in [6.45, 7) is 8.41. The molecule has 0 amide bonds. The topological polar surface area (TPSA) is 32.7 Å². The zero-order valence-electron chi connectivity index (χ0n) is 10.1. The van der Waals surface area contributed by atoms with E-state index >= 15 is 0 Å². The van der Waals surface area contributed by atoms with Crippen LogP contribution in [-0.4, -0.2) is 34.1 Å². The van der Waals surface area contributed by atoms with Gasteiger partial charge < -0.3 is 9.94 Å². The minimum absolute atomic E-state index is 0.134. The van der Waals surface area contributed by atoms with Crippen molar-refractivity contribution in [3.05, 3.63) is 0 Å². The quantitative estimate of drug-likeness (QED) is 0.710. The first-order chi connectivity index (χ1) is 6.79. The average Bonchev–Trinajstić information content (AvgIpc) is 2.10. The molecule has 0 aromatic carbocycles. The lowest BCUT2D eigenvalue weighted by Gasteiger charge is -2.51. The summed E-state index contributed by atoms with van der Waals surface area (Å²) < 4.78 is 5.58. The lowest BCUT2D eigenvalue weighted by molar-refractivity contribution is -0.260. The van der Waals surface area contributed by atoms with E-state index in [9.17, 15) is 5.21 Å². The van der Waals surface area contributed by atoms with Gasteiger partial charge in [0.2, 0.25) is 0 Å². The van der Waals surface area contributed by atoms with E-state index in [0.29, 0.717) is 6.61 Å². The molecule has 1 heterocycles. The fraction of sp³-hybridized carbons (Fsp3) is 0.833. The van der Waals surface area contributed by atoms with E-state index in [2.05, 4.69) is 5.92 Å². The molecule has 15 heavy (non-hydrogen) atoms. The maximum absolute atomic E-state index is 10.0. The minimum Gasteiger partial charge on any atom is -0.365 e. The normalized spacial score (nSPS) is 26.1. The Kier molecular flexibility index (Phi) is 3.44. The third-order valence-corrected chi connectivity index (χ3v) is 3.00. The molecule has 0 spiro atoms. The van der Waals surface area contributed by atoms with Crippen LogP contribution in [-0.2, 0) is 4.74 Å². The minimum atomic E-state index is -0.263. The van der Waals surface area contributed by atoms with Crippen molar-refractivity contribution in [3.63, 3.8) is 0 Å². The molecule has 3 nitrogen and oxygen atoms in total. The Morgan fingerprint density at radius 3 is 2.20 bits per heavy atom. The van der Waals surface area contributed by atoms with Crippen LogP contribution in [0.25, 0.3) is 0 Å². The van der Waals surface area contributed by atoms with Crippen molar-refractivity contribution in [3.8, 4) is 12.3 Å². The summed E-state index contributed by atoms with van der Waals surface area (Å²) in [5.74, 6) is 2.48. The molecule has 0 aromatic rings. The Labute approximate surface area is 92.4 Å². The standard InChI is InChI=1S/C12H21NO2/c1-6-7-15-10-8-11(2,3)13(14)12(4,5)9-10/h1,10,14H,7-9H2,2-5H3. The van der Waals surface area contributed by atoms with Gasteiger partial charge in [-0.3, -0.25) is 0 Å². The molecular weight excluding hydrogens is 190 g/mol. The summed E-state index contributed by atoms with van der Waals surface area (Å²) in [6.07, 6.45) is 6.91. The van der Waals surface area contributed by atoms with Gasteiger partial charge >= 0.3 is 0 Å². The SMILES string of the molecule is C#CCOC1CC(C)(C)N(O)C(C)(C)C1. The van der Waals surface area contributed by atoms with Crippen molar-refractivity contribution < 1.29 is 9.94 Å². The Morgan fingerprint density at radius 1 is 1.33 bits per heavy atom. The Hall–Kier alpha value is -0.560. The summed E-state index contributed by atoms with van der Waals surface area (Å²) in [6, 6.07) is 0. The predicted octanol–water partition coefficient (Wildman–Crippen LogP) is 2.05. The molecule has 1 aliphatic rings. The van der Waals surface area contributed by atoms with E-state index in [1.54, 1.807) is 0 Å². The summed E-state index contributed by atoms with van der Waals surface area (Å²) in [5.41, 5.74) is -0.526. The molecule has 1 N–H and O–H groups in total. The van der Waals surface area contributed by atoms with Crippen LogP contribution in [0.15, 0.2) is 0 Å². The van der Waals surface area contributed by atoms with Crippen LogP contribution in [0.4, 0.5) is 0 Å². The number of rotatable bonds is 2. The fourth-order valence-corrected chi connectivity index (χ4v) is 2.46. The predicted molar refractivity (Wildman–Crippen MR) is 59.6 cm³/mol. The fourth-order valence-electron chi connectivity index (χ4n) is 2.46. The third-order valence-electron chi connectivity index (χ3n) is 3.00. The molecule has 0 bridgehead atoms. The first-order valence-corrected chi connectivity index (χ1v) is 5.34. The maximum atomic E-state index is 10.0.